The first-order chi connectivity index (χ1) is 18.2. The fourth-order valence-electron chi connectivity index (χ4n) is 3.70. The van der Waals surface area contributed by atoms with Crippen molar-refractivity contribution >= 4 is 35.8 Å². The number of aromatic nitrogens is 2. The fraction of sp³-hybridized carbons (Fsp3) is 0.273. The second-order valence-corrected chi connectivity index (χ2v) is 8.67. The van der Waals surface area contributed by atoms with Crippen LogP contribution in [-0.2, 0) is 22.7 Å². The first-order valence-corrected chi connectivity index (χ1v) is 11.8. The minimum Gasteiger partial charge on any atom is -0.364 e. The number of pyridine rings is 2. The van der Waals surface area contributed by atoms with Crippen molar-refractivity contribution in [2.24, 2.45) is 0 Å². The molecular weight excluding hydrogens is 543 g/mol. The number of nitrogens with zero attached hydrogens (tertiary/aromatic N) is 6. The molecule has 0 atom stereocenters. The van der Waals surface area contributed by atoms with Gasteiger partial charge in [0.05, 0.1) is 9.85 Å². The number of halogens is 2. The maximum absolute atomic E-state index is 10.8. The number of allylic oxidation sites excluding steroid dienone is 2. The lowest BCUT2D eigenvalue weighted by Crippen LogP contribution is -2.24. The molecule has 4 rings (SSSR count). The van der Waals surface area contributed by atoms with Gasteiger partial charge in [-0.3, -0.25) is 29.8 Å². The van der Waals surface area contributed by atoms with E-state index in [4.69, 9.17) is 23.2 Å². The van der Waals surface area contributed by atoms with E-state index in [0.29, 0.717) is 49.6 Å². The van der Waals surface area contributed by atoms with Crippen molar-refractivity contribution in [3.05, 3.63) is 101 Å². The Hall–Kier alpha value is -4.30. The second kappa shape index (κ2) is 13.3. The van der Waals surface area contributed by atoms with Gasteiger partial charge < -0.3 is 20.4 Å². The molecule has 0 spiro atoms. The lowest BCUT2D eigenvalue weighted by Gasteiger charge is -2.17. The number of rotatable bonds is 8. The number of aldehydes is 2. The van der Waals surface area contributed by atoms with Crippen LogP contribution in [0.1, 0.15) is 11.1 Å². The van der Waals surface area contributed by atoms with Gasteiger partial charge >= 0.3 is 11.4 Å². The van der Waals surface area contributed by atoms with E-state index in [0.717, 1.165) is 11.1 Å². The Morgan fingerprint density at radius 3 is 1.50 bits per heavy atom. The lowest BCUT2D eigenvalue weighted by molar-refractivity contribution is -0.419. The number of carbonyl (C=O) groups excluding carboxylic acids is 2. The summed E-state index contributed by atoms with van der Waals surface area (Å²) in [6.45, 7) is 3.14. The van der Waals surface area contributed by atoms with Crippen LogP contribution in [0.25, 0.3) is 0 Å². The van der Waals surface area contributed by atoms with Crippen LogP contribution in [0, 0.1) is 20.2 Å². The highest BCUT2D eigenvalue weighted by atomic mass is 35.5. The average molecular weight is 565 g/mol. The summed E-state index contributed by atoms with van der Waals surface area (Å²) in [4.78, 5) is 53.1. The minimum atomic E-state index is -0.687. The third-order valence-electron chi connectivity index (χ3n) is 5.41. The van der Waals surface area contributed by atoms with Gasteiger partial charge in [-0.15, -0.1) is 0 Å². The molecule has 2 aliphatic heterocycles. The Morgan fingerprint density at radius 2 is 1.21 bits per heavy atom. The normalized spacial score (nSPS) is 17.0. The highest BCUT2D eigenvalue weighted by Crippen LogP contribution is 2.18. The van der Waals surface area contributed by atoms with E-state index in [2.05, 4.69) is 20.6 Å². The van der Waals surface area contributed by atoms with E-state index in [9.17, 15) is 29.8 Å². The SMILES string of the molecule is O=C/C(=C1/NCCN1Cc1ccc(Cl)nc1)[N+](=O)[O-].O=C/C(=C1\NCCN1Cc1ccc(Cl)nc1)[N+](=O)[O-]. The van der Waals surface area contributed by atoms with Crippen LogP contribution in [0.15, 0.2) is 59.7 Å². The Labute approximate surface area is 226 Å². The van der Waals surface area contributed by atoms with Gasteiger partial charge in [0, 0.05) is 51.7 Å². The zero-order valence-corrected chi connectivity index (χ0v) is 21.3. The van der Waals surface area contributed by atoms with E-state index in [1.807, 2.05) is 0 Å². The molecule has 0 unspecified atom stereocenters. The van der Waals surface area contributed by atoms with E-state index < -0.39 is 21.2 Å². The first kappa shape index (κ1) is 28.3. The molecule has 2 saturated heterocycles. The third kappa shape index (κ3) is 7.36. The van der Waals surface area contributed by atoms with Crippen LogP contribution < -0.4 is 10.6 Å². The fourth-order valence-corrected chi connectivity index (χ4v) is 3.92. The Bertz CT molecular complexity index is 1160. The zero-order chi connectivity index (χ0) is 27.7. The molecular formula is C22H22Cl2N8O6. The summed E-state index contributed by atoms with van der Waals surface area (Å²) >= 11 is 11.4. The van der Waals surface area contributed by atoms with E-state index in [1.165, 1.54) is 0 Å². The molecule has 2 fully saturated rings. The third-order valence-corrected chi connectivity index (χ3v) is 5.85. The van der Waals surface area contributed by atoms with Crippen LogP contribution in [-0.4, -0.2) is 68.4 Å². The summed E-state index contributed by atoms with van der Waals surface area (Å²) < 4.78 is 0. The van der Waals surface area contributed by atoms with Crippen molar-refractivity contribution in [1.29, 1.82) is 0 Å². The van der Waals surface area contributed by atoms with Gasteiger partial charge in [0.15, 0.2) is 11.6 Å². The first-order valence-electron chi connectivity index (χ1n) is 11.1. The van der Waals surface area contributed by atoms with Crippen molar-refractivity contribution in [1.82, 2.24) is 30.4 Å². The highest BCUT2D eigenvalue weighted by molar-refractivity contribution is 6.29. The summed E-state index contributed by atoms with van der Waals surface area (Å²) in [7, 11) is 0. The molecule has 0 aliphatic carbocycles. The number of hydrogen-bond acceptors (Lipinski definition) is 12. The van der Waals surface area contributed by atoms with Gasteiger partial charge in [-0.25, -0.2) is 9.97 Å². The average Bonchev–Trinajstić information content (AvgIpc) is 3.53. The number of nitrogens with one attached hydrogen (secondary N) is 2. The molecule has 0 radical (unpaired) electrons. The van der Waals surface area contributed by atoms with E-state index in [-0.39, 0.29) is 24.2 Å². The molecule has 0 saturated carbocycles. The van der Waals surface area contributed by atoms with Crippen molar-refractivity contribution in [3.63, 3.8) is 0 Å². The maximum Gasteiger partial charge on any atom is 0.348 e. The standard InChI is InChI=1S/2C11H11ClN4O3/c2*12-10-2-1-8(5-14-10)6-15-4-3-13-11(15)9(7-17)16(18)19/h2*1-2,5,7,13H,3-4,6H2/b11-9+;11-9-. The van der Waals surface area contributed by atoms with Crippen molar-refractivity contribution in [2.75, 3.05) is 26.2 Å². The summed E-state index contributed by atoms with van der Waals surface area (Å²) in [5.41, 5.74) is 0.803. The monoisotopic (exact) mass is 564 g/mol. The molecule has 16 heteroatoms. The molecule has 2 aromatic heterocycles. The predicted octanol–water partition coefficient (Wildman–Crippen LogP) is 1.57. The Balaban J connectivity index is 0.000000211. The van der Waals surface area contributed by atoms with E-state index >= 15 is 0 Å². The van der Waals surface area contributed by atoms with Gasteiger partial charge in [-0.05, 0) is 23.3 Å². The molecule has 38 heavy (non-hydrogen) atoms. The van der Waals surface area contributed by atoms with Gasteiger partial charge in [-0.1, -0.05) is 35.3 Å². The number of nitro groups is 2. The molecule has 200 valence electrons. The number of carbonyl (C=O) groups is 2. The zero-order valence-electron chi connectivity index (χ0n) is 19.8. The molecule has 2 aromatic rings. The minimum absolute atomic E-state index is 0.245. The van der Waals surface area contributed by atoms with Crippen molar-refractivity contribution in [2.45, 2.75) is 13.1 Å². The van der Waals surface area contributed by atoms with Crippen LogP contribution in [0.3, 0.4) is 0 Å². The smallest absolute Gasteiger partial charge is 0.348 e. The van der Waals surface area contributed by atoms with Gasteiger partial charge in [0.1, 0.15) is 10.3 Å². The molecule has 0 bridgehead atoms. The van der Waals surface area contributed by atoms with Crippen molar-refractivity contribution < 1.29 is 19.4 Å². The Kier molecular flexibility index (Phi) is 9.90. The summed E-state index contributed by atoms with van der Waals surface area (Å²) in [6.07, 6.45) is 3.71. The molecule has 14 nitrogen and oxygen atoms in total. The molecule has 4 heterocycles. The van der Waals surface area contributed by atoms with Crippen LogP contribution in [0.2, 0.25) is 10.3 Å². The summed E-state index contributed by atoms with van der Waals surface area (Å²) in [5, 5.41) is 28.0. The lowest BCUT2D eigenvalue weighted by atomic mass is 10.2. The van der Waals surface area contributed by atoms with Gasteiger partial charge in [0.2, 0.25) is 12.6 Å². The summed E-state index contributed by atoms with van der Waals surface area (Å²) in [6, 6.07) is 6.88. The molecule has 2 N–H and O–H groups in total. The van der Waals surface area contributed by atoms with Crippen LogP contribution in [0.4, 0.5) is 0 Å². The highest BCUT2D eigenvalue weighted by Gasteiger charge is 2.28. The van der Waals surface area contributed by atoms with E-state index in [1.54, 1.807) is 46.5 Å². The molecule has 2 aliphatic rings. The molecule has 0 aromatic carbocycles. The Morgan fingerprint density at radius 1 is 0.816 bits per heavy atom. The largest absolute Gasteiger partial charge is 0.364 e. The second-order valence-electron chi connectivity index (χ2n) is 7.89. The van der Waals surface area contributed by atoms with Gasteiger partial charge in [0.25, 0.3) is 0 Å². The summed E-state index contributed by atoms with van der Waals surface area (Å²) in [5.74, 6) is 0.491. The van der Waals surface area contributed by atoms with Crippen LogP contribution >= 0.6 is 23.2 Å². The quantitative estimate of drug-likeness (QED) is 0.156. The van der Waals surface area contributed by atoms with Crippen molar-refractivity contribution in [3.8, 4) is 0 Å². The van der Waals surface area contributed by atoms with Crippen LogP contribution in [0.5, 0.6) is 0 Å². The maximum atomic E-state index is 10.8. The molecule has 0 amide bonds. The predicted molar refractivity (Wildman–Crippen MR) is 135 cm³/mol. The van der Waals surface area contributed by atoms with Gasteiger partial charge in [-0.2, -0.15) is 0 Å². The topological polar surface area (TPSA) is 177 Å². The number of hydrogen-bond donors (Lipinski definition) is 2.